The van der Waals surface area contributed by atoms with Crippen molar-refractivity contribution in [2.24, 2.45) is 0 Å². The minimum atomic E-state index is 1.21. The molecule has 0 fully saturated rings. The zero-order chi connectivity index (χ0) is 5.98. The number of rotatable bonds is 1. The molecule has 0 saturated carbocycles. The van der Waals surface area contributed by atoms with E-state index in [1.165, 1.54) is 8.68 Å². The largest absolute Gasteiger partial charge is 0.136 e. The number of halogens is 1. The summed E-state index contributed by atoms with van der Waals surface area (Å²) < 4.78 is 1.21. The second-order valence-electron chi connectivity index (χ2n) is 1.29. The highest BCUT2D eigenvalue weighted by Crippen LogP contribution is 2.26. The van der Waals surface area contributed by atoms with Gasteiger partial charge in [-0.15, -0.1) is 23.1 Å². The fraction of sp³-hybridized carbons (Fsp3) is 0.200. The van der Waals surface area contributed by atoms with Crippen molar-refractivity contribution >= 4 is 39.0 Å². The minimum absolute atomic E-state index is 1.21. The standard InChI is InChI=1S/C5H5BrS2/c1-7-4-2-5(6)8-3-4/h2-3H,1H3. The van der Waals surface area contributed by atoms with Crippen LogP contribution in [-0.2, 0) is 0 Å². The molecule has 1 aromatic rings. The van der Waals surface area contributed by atoms with Gasteiger partial charge in [-0.3, -0.25) is 0 Å². The predicted molar refractivity (Wildman–Crippen MR) is 43.8 cm³/mol. The molecule has 8 heavy (non-hydrogen) atoms. The van der Waals surface area contributed by atoms with Crippen LogP contribution in [0, 0.1) is 0 Å². The summed E-state index contributed by atoms with van der Waals surface area (Å²) >= 11 is 6.87. The molecule has 0 nitrogen and oxygen atoms in total. The lowest BCUT2D eigenvalue weighted by atomic mass is 10.7. The first kappa shape index (κ1) is 6.65. The average molecular weight is 209 g/mol. The maximum Gasteiger partial charge on any atom is 0.0709 e. The molecule has 0 N–H and O–H groups in total. The van der Waals surface area contributed by atoms with E-state index >= 15 is 0 Å². The SMILES string of the molecule is CSc1csc(Br)c1. The Labute approximate surface area is 65.4 Å². The first-order valence-electron chi connectivity index (χ1n) is 2.11. The van der Waals surface area contributed by atoms with E-state index in [4.69, 9.17) is 0 Å². The number of thiophene rings is 1. The molecule has 0 atom stereocenters. The van der Waals surface area contributed by atoms with Crippen LogP contribution in [0.15, 0.2) is 20.1 Å². The van der Waals surface area contributed by atoms with E-state index in [9.17, 15) is 0 Å². The van der Waals surface area contributed by atoms with Gasteiger partial charge in [0.25, 0.3) is 0 Å². The Morgan fingerprint density at radius 1 is 1.75 bits per heavy atom. The fourth-order valence-electron chi connectivity index (χ4n) is 0.401. The number of hydrogen-bond acceptors (Lipinski definition) is 2. The van der Waals surface area contributed by atoms with E-state index in [0.717, 1.165) is 0 Å². The first-order valence-corrected chi connectivity index (χ1v) is 5.00. The highest BCUT2D eigenvalue weighted by molar-refractivity contribution is 9.11. The summed E-state index contributed by atoms with van der Waals surface area (Å²) in [5.74, 6) is 0. The smallest absolute Gasteiger partial charge is 0.0709 e. The summed E-state index contributed by atoms with van der Waals surface area (Å²) in [4.78, 5) is 1.34. The van der Waals surface area contributed by atoms with E-state index in [-0.39, 0.29) is 0 Å². The van der Waals surface area contributed by atoms with Gasteiger partial charge in [-0.2, -0.15) is 0 Å². The second-order valence-corrected chi connectivity index (χ2v) is 4.46. The zero-order valence-corrected chi connectivity index (χ0v) is 7.57. The molecular weight excluding hydrogens is 204 g/mol. The van der Waals surface area contributed by atoms with E-state index < -0.39 is 0 Å². The zero-order valence-electron chi connectivity index (χ0n) is 4.35. The van der Waals surface area contributed by atoms with Crippen molar-refractivity contribution in [3.05, 3.63) is 15.2 Å². The van der Waals surface area contributed by atoms with Gasteiger partial charge in [0.05, 0.1) is 3.79 Å². The lowest BCUT2D eigenvalue weighted by Gasteiger charge is -1.79. The van der Waals surface area contributed by atoms with Crippen LogP contribution in [0.25, 0.3) is 0 Å². The van der Waals surface area contributed by atoms with Crippen LogP contribution >= 0.6 is 39.0 Å². The van der Waals surface area contributed by atoms with Crippen molar-refractivity contribution in [3.63, 3.8) is 0 Å². The Hall–Kier alpha value is 0.530. The normalized spacial score (nSPS) is 9.75. The molecule has 0 aliphatic heterocycles. The summed E-state index contributed by atoms with van der Waals surface area (Å²) in [7, 11) is 0. The van der Waals surface area contributed by atoms with Gasteiger partial charge in [0.2, 0.25) is 0 Å². The number of hydrogen-bond donors (Lipinski definition) is 0. The van der Waals surface area contributed by atoms with E-state index in [0.29, 0.717) is 0 Å². The minimum Gasteiger partial charge on any atom is -0.136 e. The lowest BCUT2D eigenvalue weighted by molar-refractivity contribution is 1.59. The van der Waals surface area contributed by atoms with Crippen molar-refractivity contribution in [1.82, 2.24) is 0 Å². The van der Waals surface area contributed by atoms with Gasteiger partial charge in [0, 0.05) is 10.3 Å². The molecule has 0 radical (unpaired) electrons. The van der Waals surface area contributed by atoms with E-state index in [1.807, 2.05) is 0 Å². The summed E-state index contributed by atoms with van der Waals surface area (Å²) in [5, 5.41) is 2.13. The lowest BCUT2D eigenvalue weighted by Crippen LogP contribution is -1.51. The highest BCUT2D eigenvalue weighted by Gasteiger charge is 1.91. The van der Waals surface area contributed by atoms with Crippen LogP contribution in [0.2, 0.25) is 0 Å². The molecule has 0 amide bonds. The van der Waals surface area contributed by atoms with Gasteiger partial charge in [0.15, 0.2) is 0 Å². The summed E-state index contributed by atoms with van der Waals surface area (Å²) in [6, 6.07) is 2.12. The predicted octanol–water partition coefficient (Wildman–Crippen LogP) is 3.23. The molecule has 1 heterocycles. The molecule has 44 valence electrons. The molecule has 0 aliphatic carbocycles. The van der Waals surface area contributed by atoms with Crippen LogP contribution in [0.4, 0.5) is 0 Å². The van der Waals surface area contributed by atoms with Crippen molar-refractivity contribution < 1.29 is 0 Å². The van der Waals surface area contributed by atoms with Crippen LogP contribution in [-0.4, -0.2) is 6.26 Å². The third-order valence-electron chi connectivity index (χ3n) is 0.779. The Morgan fingerprint density at radius 2 is 2.50 bits per heavy atom. The third kappa shape index (κ3) is 1.50. The van der Waals surface area contributed by atoms with Crippen LogP contribution < -0.4 is 0 Å². The molecule has 0 saturated heterocycles. The van der Waals surface area contributed by atoms with Gasteiger partial charge < -0.3 is 0 Å². The van der Waals surface area contributed by atoms with Crippen molar-refractivity contribution in [3.8, 4) is 0 Å². The quantitative estimate of drug-likeness (QED) is 0.640. The molecule has 0 bridgehead atoms. The fourth-order valence-corrected chi connectivity index (χ4v) is 2.41. The van der Waals surface area contributed by atoms with Crippen molar-refractivity contribution in [1.29, 1.82) is 0 Å². The summed E-state index contributed by atoms with van der Waals surface area (Å²) in [5.41, 5.74) is 0. The second kappa shape index (κ2) is 2.90. The summed E-state index contributed by atoms with van der Waals surface area (Å²) in [6.45, 7) is 0. The molecular formula is C5H5BrS2. The van der Waals surface area contributed by atoms with Gasteiger partial charge in [0.1, 0.15) is 0 Å². The maximum absolute atomic E-state index is 3.38. The molecule has 1 aromatic heterocycles. The number of thioether (sulfide) groups is 1. The maximum atomic E-state index is 3.38. The van der Waals surface area contributed by atoms with Crippen LogP contribution in [0.1, 0.15) is 0 Å². The van der Waals surface area contributed by atoms with E-state index in [1.54, 1.807) is 23.1 Å². The van der Waals surface area contributed by atoms with Gasteiger partial charge in [-0.25, -0.2) is 0 Å². The van der Waals surface area contributed by atoms with Gasteiger partial charge >= 0.3 is 0 Å². The van der Waals surface area contributed by atoms with Crippen LogP contribution in [0.3, 0.4) is 0 Å². The topological polar surface area (TPSA) is 0 Å². The van der Waals surface area contributed by atoms with Crippen molar-refractivity contribution in [2.75, 3.05) is 6.26 Å². The monoisotopic (exact) mass is 208 g/mol. The highest BCUT2D eigenvalue weighted by atomic mass is 79.9. The molecule has 3 heteroatoms. The summed E-state index contributed by atoms with van der Waals surface area (Å²) in [6.07, 6.45) is 2.08. The van der Waals surface area contributed by atoms with Gasteiger partial charge in [-0.1, -0.05) is 0 Å². The van der Waals surface area contributed by atoms with Crippen molar-refractivity contribution in [2.45, 2.75) is 4.90 Å². The Bertz CT molecular complexity index is 171. The average Bonchev–Trinajstić information content (AvgIpc) is 2.14. The van der Waals surface area contributed by atoms with Crippen LogP contribution in [0.5, 0.6) is 0 Å². The Balaban J connectivity index is 2.84. The molecule has 0 spiro atoms. The first-order chi connectivity index (χ1) is 3.83. The van der Waals surface area contributed by atoms with Gasteiger partial charge in [-0.05, 0) is 28.3 Å². The molecule has 0 aromatic carbocycles. The molecule has 1 rings (SSSR count). The van der Waals surface area contributed by atoms with E-state index in [2.05, 4.69) is 33.6 Å². The molecule has 0 unspecified atom stereocenters. The Morgan fingerprint density at radius 3 is 2.75 bits per heavy atom. The molecule has 0 aliphatic rings. The third-order valence-corrected chi connectivity index (χ3v) is 3.14. The Kier molecular flexibility index (Phi) is 2.41.